The van der Waals surface area contributed by atoms with E-state index in [1.807, 2.05) is 0 Å². The molecule has 2 rings (SSSR count). The van der Waals surface area contributed by atoms with Crippen molar-refractivity contribution in [2.24, 2.45) is 0 Å². The molecular formula is C22H30. The van der Waals surface area contributed by atoms with Crippen LogP contribution in [0.3, 0.4) is 0 Å². The topological polar surface area (TPSA) is 0 Å². The maximum atomic E-state index is 2.31. The van der Waals surface area contributed by atoms with E-state index >= 15 is 0 Å². The lowest BCUT2D eigenvalue weighted by atomic mass is 9.86. The molecule has 22 heavy (non-hydrogen) atoms. The Kier molecular flexibility index (Phi) is 5.11. The Balaban J connectivity index is 1.97. The van der Waals surface area contributed by atoms with E-state index < -0.39 is 0 Å². The first-order chi connectivity index (χ1) is 10.3. The lowest BCUT2D eigenvalue weighted by molar-refractivity contribution is 0.590. The van der Waals surface area contributed by atoms with Crippen LogP contribution in [0.25, 0.3) is 0 Å². The summed E-state index contributed by atoms with van der Waals surface area (Å²) in [6, 6.07) is 13.8. The van der Waals surface area contributed by atoms with Crippen molar-refractivity contribution < 1.29 is 0 Å². The largest absolute Gasteiger partial charge is 0.0588 e. The molecule has 0 aliphatic heterocycles. The average molecular weight is 294 g/mol. The van der Waals surface area contributed by atoms with Gasteiger partial charge in [-0.2, -0.15) is 0 Å². The third-order valence-corrected chi connectivity index (χ3v) is 4.55. The highest BCUT2D eigenvalue weighted by Gasteiger charge is 2.12. The molecule has 0 spiro atoms. The molecule has 0 saturated carbocycles. The Morgan fingerprint density at radius 1 is 0.773 bits per heavy atom. The molecule has 0 fully saturated rings. The van der Waals surface area contributed by atoms with Crippen LogP contribution < -0.4 is 0 Å². The fraction of sp³-hybridized carbons (Fsp3) is 0.455. The molecule has 0 N–H and O–H groups in total. The predicted octanol–water partition coefficient (Wildman–Crippen LogP) is 6.08. The van der Waals surface area contributed by atoms with Crippen molar-refractivity contribution in [3.05, 3.63) is 69.8 Å². The minimum absolute atomic E-state index is 0.245. The molecule has 0 aliphatic rings. The van der Waals surface area contributed by atoms with Gasteiger partial charge in [-0.1, -0.05) is 62.7 Å². The van der Waals surface area contributed by atoms with Crippen molar-refractivity contribution in [2.75, 3.05) is 0 Å². The summed E-state index contributed by atoms with van der Waals surface area (Å²) in [7, 11) is 0. The van der Waals surface area contributed by atoms with Gasteiger partial charge >= 0.3 is 0 Å². The minimum Gasteiger partial charge on any atom is -0.0588 e. The molecule has 0 nitrogen and oxygen atoms in total. The lowest BCUT2D eigenvalue weighted by Crippen LogP contribution is -2.10. The molecule has 0 bridgehead atoms. The summed E-state index contributed by atoms with van der Waals surface area (Å²) in [6.45, 7) is 13.5. The monoisotopic (exact) mass is 294 g/mol. The summed E-state index contributed by atoms with van der Waals surface area (Å²) in [5.74, 6) is 0. The quantitative estimate of drug-likeness (QED) is 0.640. The normalized spacial score (nSPS) is 11.7. The highest BCUT2D eigenvalue weighted by atomic mass is 14.2. The van der Waals surface area contributed by atoms with Gasteiger partial charge in [0.1, 0.15) is 0 Å². The molecular weight excluding hydrogens is 264 g/mol. The smallest absolute Gasteiger partial charge is 0.0132 e. The van der Waals surface area contributed by atoms with Crippen LogP contribution in [-0.4, -0.2) is 0 Å². The molecule has 0 unspecified atom stereocenters. The highest BCUT2D eigenvalue weighted by Crippen LogP contribution is 2.23. The summed E-state index contributed by atoms with van der Waals surface area (Å²) in [4.78, 5) is 0. The van der Waals surface area contributed by atoms with E-state index in [1.165, 1.54) is 46.2 Å². The van der Waals surface area contributed by atoms with Crippen LogP contribution in [0, 0.1) is 20.8 Å². The summed E-state index contributed by atoms with van der Waals surface area (Å²) in [5, 5.41) is 0. The van der Waals surface area contributed by atoms with E-state index in [9.17, 15) is 0 Å². The van der Waals surface area contributed by atoms with Gasteiger partial charge in [-0.3, -0.25) is 0 Å². The average Bonchev–Trinajstić information content (AvgIpc) is 2.41. The van der Waals surface area contributed by atoms with Crippen molar-refractivity contribution in [2.45, 2.75) is 66.2 Å². The molecule has 0 heterocycles. The maximum absolute atomic E-state index is 2.31. The molecule has 0 amide bonds. The Hall–Kier alpha value is -1.56. The van der Waals surface area contributed by atoms with Crippen LogP contribution >= 0.6 is 0 Å². The Morgan fingerprint density at radius 3 is 1.82 bits per heavy atom. The van der Waals surface area contributed by atoms with Crippen molar-refractivity contribution in [1.29, 1.82) is 0 Å². The van der Waals surface area contributed by atoms with E-state index in [-0.39, 0.29) is 5.41 Å². The van der Waals surface area contributed by atoms with E-state index in [0.29, 0.717) is 0 Å². The third-order valence-electron chi connectivity index (χ3n) is 4.55. The second-order valence-corrected chi connectivity index (χ2v) is 7.68. The van der Waals surface area contributed by atoms with Gasteiger partial charge in [-0.25, -0.2) is 0 Å². The number of hydrogen-bond donors (Lipinski definition) is 0. The Morgan fingerprint density at radius 2 is 1.32 bits per heavy atom. The Labute approximate surface area is 136 Å². The molecule has 2 aromatic carbocycles. The molecule has 0 saturated heterocycles. The van der Waals surface area contributed by atoms with Gasteiger partial charge in [-0.15, -0.1) is 0 Å². The SMILES string of the molecule is Cc1cc(C)c(CCCc2ccc(C(C)(C)C)cc2)c(C)c1. The van der Waals surface area contributed by atoms with E-state index in [2.05, 4.69) is 77.9 Å². The van der Waals surface area contributed by atoms with E-state index in [0.717, 1.165) is 6.42 Å². The molecule has 0 radical (unpaired) electrons. The molecule has 0 atom stereocenters. The summed E-state index contributed by atoms with van der Waals surface area (Å²) in [5.41, 5.74) is 8.92. The Bertz CT molecular complexity index is 601. The molecule has 0 aromatic heterocycles. The lowest BCUT2D eigenvalue weighted by Gasteiger charge is -2.19. The van der Waals surface area contributed by atoms with Crippen molar-refractivity contribution in [3.63, 3.8) is 0 Å². The predicted molar refractivity (Wildman–Crippen MR) is 97.8 cm³/mol. The standard InChI is InChI=1S/C22H30/c1-16-14-17(2)21(18(3)15-16)9-7-8-19-10-12-20(13-11-19)22(4,5)6/h10-15H,7-9H2,1-6H3. The van der Waals surface area contributed by atoms with Crippen LogP contribution in [-0.2, 0) is 18.3 Å². The maximum Gasteiger partial charge on any atom is -0.0132 e. The molecule has 0 heteroatoms. The zero-order chi connectivity index (χ0) is 16.3. The van der Waals surface area contributed by atoms with Gasteiger partial charge in [0.2, 0.25) is 0 Å². The van der Waals surface area contributed by atoms with Gasteiger partial charge in [0.25, 0.3) is 0 Å². The van der Waals surface area contributed by atoms with Gasteiger partial charge in [-0.05, 0) is 73.3 Å². The molecule has 0 aliphatic carbocycles. The van der Waals surface area contributed by atoms with E-state index in [1.54, 1.807) is 0 Å². The van der Waals surface area contributed by atoms with Crippen LogP contribution in [0.5, 0.6) is 0 Å². The van der Waals surface area contributed by atoms with Crippen LogP contribution in [0.4, 0.5) is 0 Å². The first-order valence-electron chi connectivity index (χ1n) is 8.43. The van der Waals surface area contributed by atoms with Crippen molar-refractivity contribution in [3.8, 4) is 0 Å². The van der Waals surface area contributed by atoms with Crippen molar-refractivity contribution >= 4 is 0 Å². The van der Waals surface area contributed by atoms with Crippen LogP contribution in [0.1, 0.15) is 60.6 Å². The van der Waals surface area contributed by atoms with E-state index in [4.69, 9.17) is 0 Å². The third kappa shape index (κ3) is 4.22. The number of rotatable bonds is 4. The number of hydrogen-bond acceptors (Lipinski definition) is 0. The van der Waals surface area contributed by atoms with Crippen LogP contribution in [0.2, 0.25) is 0 Å². The fourth-order valence-electron chi connectivity index (χ4n) is 3.24. The molecule has 118 valence electrons. The van der Waals surface area contributed by atoms with Gasteiger partial charge in [0.15, 0.2) is 0 Å². The van der Waals surface area contributed by atoms with Gasteiger partial charge in [0.05, 0.1) is 0 Å². The second-order valence-electron chi connectivity index (χ2n) is 7.68. The minimum atomic E-state index is 0.245. The summed E-state index contributed by atoms with van der Waals surface area (Å²) < 4.78 is 0. The second kappa shape index (κ2) is 6.69. The number of aryl methyl sites for hydroxylation is 4. The first kappa shape index (κ1) is 16.8. The molecule has 2 aromatic rings. The zero-order valence-corrected chi connectivity index (χ0v) is 15.1. The van der Waals surface area contributed by atoms with Gasteiger partial charge in [0, 0.05) is 0 Å². The summed E-state index contributed by atoms with van der Waals surface area (Å²) >= 11 is 0. The first-order valence-corrected chi connectivity index (χ1v) is 8.43. The zero-order valence-electron chi connectivity index (χ0n) is 15.1. The van der Waals surface area contributed by atoms with Crippen molar-refractivity contribution in [1.82, 2.24) is 0 Å². The summed E-state index contributed by atoms with van der Waals surface area (Å²) in [6.07, 6.45) is 3.57. The van der Waals surface area contributed by atoms with Crippen LogP contribution in [0.15, 0.2) is 36.4 Å². The number of benzene rings is 2. The highest BCUT2D eigenvalue weighted by molar-refractivity contribution is 5.37. The van der Waals surface area contributed by atoms with Gasteiger partial charge < -0.3 is 0 Å². The fourth-order valence-corrected chi connectivity index (χ4v) is 3.24.